The van der Waals surface area contributed by atoms with Gasteiger partial charge in [-0.3, -0.25) is 4.79 Å². The van der Waals surface area contributed by atoms with Crippen molar-refractivity contribution in [2.45, 2.75) is 24.1 Å². The van der Waals surface area contributed by atoms with E-state index in [9.17, 15) is 4.79 Å². The Hall–Kier alpha value is -2.69. The van der Waals surface area contributed by atoms with E-state index >= 15 is 0 Å². The molecular weight excluding hydrogens is 412 g/mol. The minimum Gasteiger partial charge on any atom is -0.350 e. The van der Waals surface area contributed by atoms with E-state index in [4.69, 9.17) is 11.6 Å². The molecule has 0 aliphatic rings. The minimum absolute atomic E-state index is 0.0297. The molecular formula is C25H23ClN2OS. The maximum Gasteiger partial charge on any atom is 0.251 e. The molecule has 1 aromatic heterocycles. The Kier molecular flexibility index (Phi) is 6.46. The highest BCUT2D eigenvalue weighted by Crippen LogP contribution is 2.33. The van der Waals surface area contributed by atoms with Crippen LogP contribution in [0.15, 0.2) is 83.9 Å². The first kappa shape index (κ1) is 20.6. The zero-order valence-electron chi connectivity index (χ0n) is 16.8. The number of nitrogens with zero attached hydrogens (tertiary/aromatic N) is 1. The highest BCUT2D eigenvalue weighted by atomic mass is 35.5. The highest BCUT2D eigenvalue weighted by molar-refractivity contribution is 7.98. The number of hydrogen-bond acceptors (Lipinski definition) is 2. The number of nitrogens with one attached hydrogen (secondary N) is 1. The van der Waals surface area contributed by atoms with Gasteiger partial charge in [0.2, 0.25) is 0 Å². The zero-order chi connectivity index (χ0) is 20.9. The van der Waals surface area contributed by atoms with Crippen LogP contribution in [-0.4, -0.2) is 17.0 Å². The van der Waals surface area contributed by atoms with Gasteiger partial charge in [0.1, 0.15) is 0 Å². The second-order valence-corrected chi connectivity index (χ2v) is 8.58. The van der Waals surface area contributed by atoms with E-state index in [2.05, 4.69) is 40.3 Å². The molecule has 0 bridgehead atoms. The lowest BCUT2D eigenvalue weighted by Crippen LogP contribution is -2.27. The number of amides is 1. The molecule has 5 heteroatoms. The Bertz CT molecular complexity index is 1180. The monoisotopic (exact) mass is 434 g/mol. The minimum atomic E-state index is -0.0297. The van der Waals surface area contributed by atoms with Gasteiger partial charge in [-0.15, -0.1) is 11.8 Å². The molecule has 4 rings (SSSR count). The number of benzene rings is 3. The Morgan fingerprint density at radius 2 is 1.73 bits per heavy atom. The molecule has 0 aliphatic heterocycles. The largest absolute Gasteiger partial charge is 0.350 e. The second-order valence-electron chi connectivity index (χ2n) is 7.15. The van der Waals surface area contributed by atoms with Crippen molar-refractivity contribution in [2.24, 2.45) is 0 Å². The average molecular weight is 435 g/mol. The quantitative estimate of drug-likeness (QED) is 0.345. The maximum absolute atomic E-state index is 12.5. The van der Waals surface area contributed by atoms with E-state index in [1.807, 2.05) is 55.5 Å². The van der Waals surface area contributed by atoms with Gasteiger partial charge in [0.15, 0.2) is 0 Å². The smallest absolute Gasteiger partial charge is 0.251 e. The van der Waals surface area contributed by atoms with Crippen molar-refractivity contribution in [1.82, 2.24) is 9.88 Å². The van der Waals surface area contributed by atoms with Crippen molar-refractivity contribution in [3.05, 3.63) is 101 Å². The van der Waals surface area contributed by atoms with Crippen LogP contribution in [-0.2, 0) is 12.3 Å². The van der Waals surface area contributed by atoms with Gasteiger partial charge in [0.05, 0.1) is 0 Å². The van der Waals surface area contributed by atoms with E-state index in [1.54, 1.807) is 11.8 Å². The van der Waals surface area contributed by atoms with Gasteiger partial charge in [-0.25, -0.2) is 0 Å². The van der Waals surface area contributed by atoms with Crippen molar-refractivity contribution < 1.29 is 4.79 Å². The lowest BCUT2D eigenvalue weighted by atomic mass is 10.1. The molecule has 30 heavy (non-hydrogen) atoms. The topological polar surface area (TPSA) is 34.0 Å². The molecule has 0 radical (unpaired) electrons. The van der Waals surface area contributed by atoms with Crippen LogP contribution in [0.25, 0.3) is 10.9 Å². The van der Waals surface area contributed by atoms with E-state index in [-0.39, 0.29) is 5.91 Å². The van der Waals surface area contributed by atoms with Crippen LogP contribution in [0.1, 0.15) is 21.5 Å². The fourth-order valence-corrected chi connectivity index (χ4v) is 4.87. The van der Waals surface area contributed by atoms with E-state index < -0.39 is 0 Å². The summed E-state index contributed by atoms with van der Waals surface area (Å²) in [7, 11) is 0. The Morgan fingerprint density at radius 3 is 2.57 bits per heavy atom. The van der Waals surface area contributed by atoms with Gasteiger partial charge in [0.25, 0.3) is 5.91 Å². The molecule has 1 amide bonds. The number of para-hydroxylation sites is 1. The number of thioether (sulfide) groups is 1. The number of carbonyl (C=O) groups is 1. The third-order valence-corrected chi connectivity index (χ3v) is 6.58. The van der Waals surface area contributed by atoms with E-state index in [0.29, 0.717) is 13.1 Å². The number of aryl methyl sites for hydroxylation is 1. The van der Waals surface area contributed by atoms with E-state index in [1.165, 1.54) is 15.8 Å². The third-order valence-electron chi connectivity index (χ3n) is 5.12. The van der Waals surface area contributed by atoms with Crippen LogP contribution in [0.2, 0.25) is 5.02 Å². The molecule has 0 fully saturated rings. The molecule has 0 atom stereocenters. The standard InChI is InChI=1S/C25H23ClN2OS/c1-18-8-2-4-10-20(18)25(29)27-14-15-28-16-24(21-11-5-7-13-23(21)28)30-17-19-9-3-6-12-22(19)26/h2-13,16H,14-15,17H2,1H3,(H,27,29). The molecule has 1 N–H and O–H groups in total. The Morgan fingerprint density at radius 1 is 1.00 bits per heavy atom. The summed E-state index contributed by atoms with van der Waals surface area (Å²) in [6, 6.07) is 24.0. The lowest BCUT2D eigenvalue weighted by molar-refractivity contribution is 0.0952. The van der Waals surface area contributed by atoms with Crippen LogP contribution < -0.4 is 5.32 Å². The zero-order valence-corrected chi connectivity index (χ0v) is 18.3. The molecule has 0 spiro atoms. The highest BCUT2D eigenvalue weighted by Gasteiger charge is 2.11. The molecule has 0 saturated heterocycles. The number of rotatable bonds is 7. The fourth-order valence-electron chi connectivity index (χ4n) is 3.50. The normalized spacial score (nSPS) is 11.0. The van der Waals surface area contributed by atoms with Crippen LogP contribution >= 0.6 is 23.4 Å². The van der Waals surface area contributed by atoms with Gasteiger partial charge in [-0.1, -0.05) is 66.2 Å². The number of hydrogen-bond donors (Lipinski definition) is 1. The van der Waals surface area contributed by atoms with Crippen molar-refractivity contribution in [1.29, 1.82) is 0 Å². The predicted octanol–water partition coefficient (Wildman–Crippen LogP) is 6.33. The van der Waals surface area contributed by atoms with Crippen molar-refractivity contribution in [3.8, 4) is 0 Å². The second kappa shape index (κ2) is 9.41. The molecule has 0 saturated carbocycles. The number of halogens is 1. The Balaban J connectivity index is 1.46. The SMILES string of the molecule is Cc1ccccc1C(=O)NCCn1cc(SCc2ccccc2Cl)c2ccccc21. The summed E-state index contributed by atoms with van der Waals surface area (Å²) in [5.74, 6) is 0.787. The first-order valence-corrected chi connectivity index (χ1v) is 11.3. The summed E-state index contributed by atoms with van der Waals surface area (Å²) in [4.78, 5) is 13.7. The maximum atomic E-state index is 12.5. The van der Waals surface area contributed by atoms with Crippen LogP contribution in [0.4, 0.5) is 0 Å². The van der Waals surface area contributed by atoms with Crippen molar-refractivity contribution in [3.63, 3.8) is 0 Å². The number of aromatic nitrogens is 1. The number of fused-ring (bicyclic) bond motifs is 1. The molecule has 3 aromatic carbocycles. The third kappa shape index (κ3) is 4.55. The van der Waals surface area contributed by atoms with E-state index in [0.717, 1.165) is 27.5 Å². The molecule has 3 nitrogen and oxygen atoms in total. The van der Waals surface area contributed by atoms with Crippen LogP contribution in [0.5, 0.6) is 0 Å². The molecule has 4 aromatic rings. The van der Waals surface area contributed by atoms with Gasteiger partial charge < -0.3 is 9.88 Å². The summed E-state index contributed by atoms with van der Waals surface area (Å²) in [5.41, 5.74) is 4.02. The predicted molar refractivity (Wildman–Crippen MR) is 126 cm³/mol. The summed E-state index contributed by atoms with van der Waals surface area (Å²) in [6.07, 6.45) is 2.17. The van der Waals surface area contributed by atoms with Gasteiger partial charge in [-0.2, -0.15) is 0 Å². The summed E-state index contributed by atoms with van der Waals surface area (Å²) < 4.78 is 2.21. The summed E-state index contributed by atoms with van der Waals surface area (Å²) in [6.45, 7) is 3.24. The molecule has 0 unspecified atom stereocenters. The van der Waals surface area contributed by atoms with Crippen LogP contribution in [0.3, 0.4) is 0 Å². The fraction of sp³-hybridized carbons (Fsp3) is 0.160. The summed E-state index contributed by atoms with van der Waals surface area (Å²) >= 11 is 8.10. The van der Waals surface area contributed by atoms with Crippen LogP contribution in [0, 0.1) is 6.92 Å². The van der Waals surface area contributed by atoms with Gasteiger partial charge in [-0.05, 0) is 36.2 Å². The molecule has 0 aliphatic carbocycles. The van der Waals surface area contributed by atoms with Gasteiger partial charge in [0, 0.05) is 51.4 Å². The Labute approximate surface area is 186 Å². The van der Waals surface area contributed by atoms with Crippen molar-refractivity contribution in [2.75, 3.05) is 6.54 Å². The van der Waals surface area contributed by atoms with Gasteiger partial charge >= 0.3 is 0 Å². The number of carbonyl (C=O) groups excluding carboxylic acids is 1. The first-order chi connectivity index (χ1) is 14.6. The lowest BCUT2D eigenvalue weighted by Gasteiger charge is -2.09. The summed E-state index contributed by atoms with van der Waals surface area (Å²) in [5, 5.41) is 5.06. The average Bonchev–Trinajstić information content (AvgIpc) is 3.11. The molecule has 1 heterocycles. The first-order valence-electron chi connectivity index (χ1n) is 9.91. The van der Waals surface area contributed by atoms with Crippen molar-refractivity contribution >= 4 is 40.2 Å². The molecule has 152 valence electrons.